The van der Waals surface area contributed by atoms with Crippen molar-refractivity contribution in [1.29, 1.82) is 0 Å². The molecule has 2 aromatic rings. The molecule has 0 saturated carbocycles. The summed E-state index contributed by atoms with van der Waals surface area (Å²) in [6, 6.07) is 9.61. The number of benzene rings is 2. The zero-order valence-electron chi connectivity index (χ0n) is 14.7. The van der Waals surface area contributed by atoms with Gasteiger partial charge in [-0.1, -0.05) is 27.5 Å². The Morgan fingerprint density at radius 2 is 1.96 bits per heavy atom. The Kier molecular flexibility index (Phi) is 5.23. The Labute approximate surface area is 174 Å². The molecule has 0 spiro atoms. The lowest BCUT2D eigenvalue weighted by molar-refractivity contribution is 0.0475. The van der Waals surface area contributed by atoms with E-state index in [0.29, 0.717) is 22.9 Å². The molecule has 1 N–H and O–H groups in total. The highest BCUT2D eigenvalue weighted by Crippen LogP contribution is 2.28. The van der Waals surface area contributed by atoms with Crippen LogP contribution in [-0.4, -0.2) is 41.9 Å². The summed E-state index contributed by atoms with van der Waals surface area (Å²) in [4.78, 5) is 39.1. The normalized spacial score (nSPS) is 18.5. The van der Waals surface area contributed by atoms with E-state index < -0.39 is 11.8 Å². The van der Waals surface area contributed by atoms with Crippen molar-refractivity contribution < 1.29 is 19.1 Å². The monoisotopic (exact) mass is 462 g/mol. The number of anilines is 1. The zero-order chi connectivity index (χ0) is 19.8. The molecule has 0 radical (unpaired) electrons. The van der Waals surface area contributed by atoms with E-state index in [1.165, 1.54) is 23.1 Å². The van der Waals surface area contributed by atoms with Crippen LogP contribution in [0.1, 0.15) is 43.9 Å². The Hall–Kier alpha value is -2.22. The molecule has 28 heavy (non-hydrogen) atoms. The average Bonchev–Trinajstić information content (AvgIpc) is 3.27. The first-order valence-corrected chi connectivity index (χ1v) is 9.99. The summed E-state index contributed by atoms with van der Waals surface area (Å²) in [5.74, 6) is -1.16. The molecule has 0 aliphatic carbocycles. The van der Waals surface area contributed by atoms with Crippen LogP contribution in [0.15, 0.2) is 40.9 Å². The van der Waals surface area contributed by atoms with E-state index in [4.69, 9.17) is 16.3 Å². The smallest absolute Gasteiger partial charge is 0.261 e. The van der Waals surface area contributed by atoms with Crippen LogP contribution in [0, 0.1) is 0 Å². The van der Waals surface area contributed by atoms with Gasteiger partial charge in [-0.3, -0.25) is 19.3 Å². The molecule has 0 aromatic heterocycles. The molecule has 1 unspecified atom stereocenters. The van der Waals surface area contributed by atoms with Gasteiger partial charge in [-0.05, 0) is 49.2 Å². The highest BCUT2D eigenvalue weighted by atomic mass is 79.9. The summed E-state index contributed by atoms with van der Waals surface area (Å²) in [6.45, 7) is 0.888. The Morgan fingerprint density at radius 1 is 1.18 bits per heavy atom. The number of imide groups is 1. The fraction of sp³-hybridized carbons (Fsp3) is 0.250. The fourth-order valence-corrected chi connectivity index (χ4v) is 4.10. The summed E-state index contributed by atoms with van der Waals surface area (Å²) in [7, 11) is 0. The van der Waals surface area contributed by atoms with Crippen LogP contribution in [0.3, 0.4) is 0 Å². The third kappa shape index (κ3) is 3.57. The molecule has 1 fully saturated rings. The molecule has 144 valence electrons. The van der Waals surface area contributed by atoms with Gasteiger partial charge in [0, 0.05) is 16.6 Å². The second-order valence-electron chi connectivity index (χ2n) is 6.69. The number of halogens is 2. The molecule has 2 aromatic carbocycles. The van der Waals surface area contributed by atoms with E-state index in [0.717, 1.165) is 17.3 Å². The molecular formula is C20H16BrClN2O4. The van der Waals surface area contributed by atoms with Gasteiger partial charge in [-0.25, -0.2) is 0 Å². The fourth-order valence-electron chi connectivity index (χ4n) is 3.38. The number of amides is 3. The van der Waals surface area contributed by atoms with Crippen molar-refractivity contribution in [3.05, 3.63) is 62.6 Å². The molecule has 0 bridgehead atoms. The Morgan fingerprint density at radius 3 is 2.68 bits per heavy atom. The van der Waals surface area contributed by atoms with Gasteiger partial charge in [0.15, 0.2) is 0 Å². The predicted molar refractivity (Wildman–Crippen MR) is 108 cm³/mol. The first-order chi connectivity index (χ1) is 13.4. The van der Waals surface area contributed by atoms with Gasteiger partial charge in [-0.2, -0.15) is 0 Å². The summed E-state index contributed by atoms with van der Waals surface area (Å²) in [5, 5.41) is 3.11. The van der Waals surface area contributed by atoms with Crippen molar-refractivity contribution in [2.24, 2.45) is 0 Å². The molecule has 2 aliphatic heterocycles. The SMILES string of the molecule is O=C(Nc1ccc(Br)cc1Cl)c1ccc2c(c1)C(=O)N(CC1CCCO1)C2=O. The standard InChI is InChI=1S/C20H16BrClN2O4/c21-12-4-6-17(16(22)9-12)23-18(25)11-3-5-14-15(8-11)20(27)24(19(14)26)10-13-2-1-7-28-13/h3-6,8-9,13H,1-2,7,10H2,(H,23,25). The number of carbonyl (C=O) groups excluding carboxylic acids is 3. The largest absolute Gasteiger partial charge is 0.376 e. The summed E-state index contributed by atoms with van der Waals surface area (Å²) < 4.78 is 6.33. The van der Waals surface area contributed by atoms with Crippen LogP contribution < -0.4 is 5.32 Å². The van der Waals surface area contributed by atoms with Gasteiger partial charge < -0.3 is 10.1 Å². The second-order valence-corrected chi connectivity index (χ2v) is 8.02. The van der Waals surface area contributed by atoms with Gasteiger partial charge in [-0.15, -0.1) is 0 Å². The number of rotatable bonds is 4. The maximum Gasteiger partial charge on any atom is 0.261 e. The van der Waals surface area contributed by atoms with Crippen molar-refractivity contribution in [1.82, 2.24) is 4.90 Å². The average molecular weight is 464 g/mol. The molecule has 6 nitrogen and oxygen atoms in total. The first-order valence-electron chi connectivity index (χ1n) is 8.82. The Balaban J connectivity index is 1.54. The van der Waals surface area contributed by atoms with E-state index in [1.54, 1.807) is 18.2 Å². The lowest BCUT2D eigenvalue weighted by atomic mass is 10.1. The third-order valence-corrected chi connectivity index (χ3v) is 5.63. The minimum absolute atomic E-state index is 0.121. The van der Waals surface area contributed by atoms with Crippen LogP contribution in [0.25, 0.3) is 0 Å². The summed E-state index contributed by atoms with van der Waals surface area (Å²) >= 11 is 9.45. The highest BCUT2D eigenvalue weighted by molar-refractivity contribution is 9.10. The minimum atomic E-state index is -0.412. The maximum absolute atomic E-state index is 12.7. The summed E-state index contributed by atoms with van der Waals surface area (Å²) in [5.41, 5.74) is 1.27. The van der Waals surface area contributed by atoms with Crippen molar-refractivity contribution in [2.45, 2.75) is 18.9 Å². The highest BCUT2D eigenvalue weighted by Gasteiger charge is 2.37. The summed E-state index contributed by atoms with van der Waals surface area (Å²) in [6.07, 6.45) is 1.63. The molecule has 4 rings (SSSR count). The quantitative estimate of drug-likeness (QED) is 0.692. The number of carbonyl (C=O) groups is 3. The van der Waals surface area contributed by atoms with Crippen LogP contribution in [0.5, 0.6) is 0 Å². The zero-order valence-corrected chi connectivity index (χ0v) is 17.0. The minimum Gasteiger partial charge on any atom is -0.376 e. The Bertz CT molecular complexity index is 988. The molecular weight excluding hydrogens is 448 g/mol. The van der Waals surface area contributed by atoms with Crippen molar-refractivity contribution in [2.75, 3.05) is 18.5 Å². The maximum atomic E-state index is 12.7. The lowest BCUT2D eigenvalue weighted by Gasteiger charge is -2.17. The number of nitrogens with zero attached hydrogens (tertiary/aromatic N) is 1. The van der Waals surface area contributed by atoms with Gasteiger partial charge in [0.1, 0.15) is 0 Å². The number of nitrogens with one attached hydrogen (secondary N) is 1. The van der Waals surface area contributed by atoms with Crippen LogP contribution in [-0.2, 0) is 4.74 Å². The number of hydrogen-bond acceptors (Lipinski definition) is 4. The van der Waals surface area contributed by atoms with Gasteiger partial charge >= 0.3 is 0 Å². The van der Waals surface area contributed by atoms with Gasteiger partial charge in [0.25, 0.3) is 17.7 Å². The van der Waals surface area contributed by atoms with E-state index in [1.807, 2.05) is 0 Å². The van der Waals surface area contributed by atoms with E-state index in [2.05, 4.69) is 21.2 Å². The van der Waals surface area contributed by atoms with E-state index in [-0.39, 0.29) is 29.7 Å². The number of hydrogen-bond donors (Lipinski definition) is 1. The lowest BCUT2D eigenvalue weighted by Crippen LogP contribution is -2.36. The molecule has 3 amide bonds. The number of ether oxygens (including phenoxy) is 1. The van der Waals surface area contributed by atoms with E-state index in [9.17, 15) is 14.4 Å². The molecule has 1 atom stereocenters. The van der Waals surface area contributed by atoms with Crippen molar-refractivity contribution in [3.8, 4) is 0 Å². The molecule has 1 saturated heterocycles. The third-order valence-electron chi connectivity index (χ3n) is 4.82. The molecule has 2 heterocycles. The predicted octanol–water partition coefficient (Wildman–Crippen LogP) is 4.13. The second kappa shape index (κ2) is 7.66. The van der Waals surface area contributed by atoms with Crippen LogP contribution >= 0.6 is 27.5 Å². The molecule has 2 aliphatic rings. The first kappa shape index (κ1) is 19.1. The van der Waals surface area contributed by atoms with E-state index >= 15 is 0 Å². The van der Waals surface area contributed by atoms with Gasteiger partial charge in [0.05, 0.1) is 34.5 Å². The molecule has 8 heteroatoms. The van der Waals surface area contributed by atoms with Crippen molar-refractivity contribution in [3.63, 3.8) is 0 Å². The van der Waals surface area contributed by atoms with Crippen LogP contribution in [0.4, 0.5) is 5.69 Å². The number of fused-ring (bicyclic) bond motifs is 1. The van der Waals surface area contributed by atoms with Crippen molar-refractivity contribution >= 4 is 50.9 Å². The van der Waals surface area contributed by atoms with Crippen LogP contribution in [0.2, 0.25) is 5.02 Å². The topological polar surface area (TPSA) is 75.7 Å². The van der Waals surface area contributed by atoms with Gasteiger partial charge in [0.2, 0.25) is 0 Å².